The fourth-order valence-electron chi connectivity index (χ4n) is 3.88. The molecule has 0 spiro atoms. The van der Waals surface area contributed by atoms with Crippen LogP contribution in [-0.4, -0.2) is 31.1 Å². The van der Waals surface area contributed by atoms with Gasteiger partial charge in [0.25, 0.3) is 0 Å². The van der Waals surface area contributed by atoms with Crippen LogP contribution in [0, 0.1) is 5.92 Å². The Labute approximate surface area is 168 Å². The van der Waals surface area contributed by atoms with Gasteiger partial charge in [0.1, 0.15) is 11.5 Å². The Morgan fingerprint density at radius 3 is 2.23 bits per heavy atom. The zero-order valence-corrected chi connectivity index (χ0v) is 16.6. The van der Waals surface area contributed by atoms with E-state index in [4.69, 9.17) is 4.74 Å². The van der Waals surface area contributed by atoms with E-state index in [1.54, 1.807) is 0 Å². The minimum atomic E-state index is 0. The molecule has 142 valence electrons. The number of ether oxygens (including phenoxy) is 1. The third-order valence-corrected chi connectivity index (χ3v) is 5.32. The number of nitrogens with one attached hydrogen (secondary N) is 1. The van der Waals surface area contributed by atoms with Crippen molar-refractivity contribution in [3.05, 3.63) is 60.2 Å². The van der Waals surface area contributed by atoms with Crippen LogP contribution in [0.1, 0.15) is 30.9 Å². The third kappa shape index (κ3) is 4.92. The van der Waals surface area contributed by atoms with Gasteiger partial charge in [0.05, 0.1) is 0 Å². The largest absolute Gasteiger partial charge is 0.457 e. The average molecular weight is 395 g/mol. The second-order valence-corrected chi connectivity index (χ2v) is 6.91. The lowest BCUT2D eigenvalue weighted by Gasteiger charge is -2.43. The first-order valence-corrected chi connectivity index (χ1v) is 9.18. The van der Waals surface area contributed by atoms with Crippen LogP contribution < -0.4 is 10.1 Å². The molecule has 0 bridgehead atoms. The maximum absolute atomic E-state index is 6.06. The minimum absolute atomic E-state index is 0. The van der Waals surface area contributed by atoms with Crippen molar-refractivity contribution in [2.75, 3.05) is 26.2 Å². The summed E-state index contributed by atoms with van der Waals surface area (Å²) in [5.41, 5.74) is 1.41. The molecule has 1 aliphatic carbocycles. The number of para-hydroxylation sites is 1. The molecule has 2 aliphatic rings. The van der Waals surface area contributed by atoms with E-state index < -0.39 is 0 Å². The van der Waals surface area contributed by atoms with Crippen molar-refractivity contribution < 1.29 is 4.74 Å². The average Bonchev–Trinajstić information content (AvgIpc) is 2.60. The fraction of sp³-hybridized carbons (Fsp3) is 0.429. The Morgan fingerprint density at radius 2 is 1.58 bits per heavy atom. The van der Waals surface area contributed by atoms with Gasteiger partial charge in [-0.2, -0.15) is 0 Å². The summed E-state index contributed by atoms with van der Waals surface area (Å²) in [6.07, 6.45) is 4.10. The van der Waals surface area contributed by atoms with Gasteiger partial charge in [-0.15, -0.1) is 24.8 Å². The molecular formula is C21H28Cl2N2O. The van der Waals surface area contributed by atoms with E-state index in [1.165, 1.54) is 24.8 Å². The summed E-state index contributed by atoms with van der Waals surface area (Å²) in [5.74, 6) is 2.64. The molecular weight excluding hydrogens is 367 g/mol. The molecule has 2 aromatic carbocycles. The highest BCUT2D eigenvalue weighted by atomic mass is 35.5. The number of benzene rings is 2. The van der Waals surface area contributed by atoms with Crippen LogP contribution >= 0.6 is 24.8 Å². The van der Waals surface area contributed by atoms with Crippen LogP contribution in [-0.2, 0) is 0 Å². The van der Waals surface area contributed by atoms with Gasteiger partial charge in [-0.1, -0.05) is 36.8 Å². The summed E-state index contributed by atoms with van der Waals surface area (Å²) in [4.78, 5) is 2.67. The Hall–Kier alpha value is -1.26. The van der Waals surface area contributed by atoms with Gasteiger partial charge < -0.3 is 10.1 Å². The maximum atomic E-state index is 6.06. The monoisotopic (exact) mass is 394 g/mol. The Morgan fingerprint density at radius 1 is 0.885 bits per heavy atom. The van der Waals surface area contributed by atoms with Crippen molar-refractivity contribution in [3.8, 4) is 11.5 Å². The number of hydrogen-bond donors (Lipinski definition) is 1. The van der Waals surface area contributed by atoms with E-state index in [1.807, 2.05) is 30.3 Å². The molecule has 3 nitrogen and oxygen atoms in total. The Bertz CT molecular complexity index is 658. The summed E-state index contributed by atoms with van der Waals surface area (Å²) in [6, 6.07) is 19.3. The van der Waals surface area contributed by atoms with Gasteiger partial charge in [0.2, 0.25) is 0 Å². The van der Waals surface area contributed by atoms with Gasteiger partial charge in [-0.25, -0.2) is 0 Å². The number of nitrogens with zero attached hydrogens (tertiary/aromatic N) is 1. The van der Waals surface area contributed by atoms with Gasteiger partial charge in [-0.3, -0.25) is 4.90 Å². The number of halogens is 2. The van der Waals surface area contributed by atoms with Crippen LogP contribution in [0.15, 0.2) is 54.6 Å². The SMILES string of the molecule is Cl.Cl.c1ccc(Oc2cccc([C@H](C3CCC3)N3CCNCC3)c2)cc1. The smallest absolute Gasteiger partial charge is 0.127 e. The van der Waals surface area contributed by atoms with Crippen LogP contribution in [0.3, 0.4) is 0 Å². The third-order valence-electron chi connectivity index (χ3n) is 5.32. The first-order chi connectivity index (χ1) is 11.9. The molecule has 5 heteroatoms. The summed E-state index contributed by atoms with van der Waals surface area (Å²) >= 11 is 0. The second-order valence-electron chi connectivity index (χ2n) is 6.91. The number of rotatable bonds is 5. The van der Waals surface area contributed by atoms with Gasteiger partial charge >= 0.3 is 0 Å². The molecule has 4 rings (SSSR count). The summed E-state index contributed by atoms with van der Waals surface area (Å²) in [5, 5.41) is 3.47. The Balaban J connectivity index is 0.00000121. The van der Waals surface area contributed by atoms with E-state index in [-0.39, 0.29) is 24.8 Å². The lowest BCUT2D eigenvalue weighted by atomic mass is 9.76. The second kappa shape index (κ2) is 10.2. The topological polar surface area (TPSA) is 24.5 Å². The number of piperazine rings is 1. The van der Waals surface area contributed by atoms with Crippen molar-refractivity contribution >= 4 is 24.8 Å². The number of hydrogen-bond acceptors (Lipinski definition) is 3. The molecule has 2 fully saturated rings. The molecule has 1 saturated carbocycles. The predicted octanol–water partition coefficient (Wildman–Crippen LogP) is 5.07. The van der Waals surface area contributed by atoms with E-state index in [9.17, 15) is 0 Å². The lowest BCUT2D eigenvalue weighted by molar-refractivity contribution is 0.0836. The van der Waals surface area contributed by atoms with Crippen LogP contribution in [0.5, 0.6) is 11.5 Å². The molecule has 1 heterocycles. The first kappa shape index (κ1) is 21.0. The molecule has 0 amide bonds. The standard InChI is InChI=1S/C21H26N2O.2ClH/c1-2-9-19(10-3-1)24-20-11-5-8-18(16-20)21(17-6-4-7-17)23-14-12-22-13-15-23;;/h1-3,5,8-11,16-17,21-22H,4,6-7,12-15H2;2*1H/t21-;;/m0../s1. The zero-order chi connectivity index (χ0) is 16.2. The Kier molecular flexibility index (Phi) is 8.23. The minimum Gasteiger partial charge on any atom is -0.457 e. The molecule has 0 aromatic heterocycles. The lowest BCUT2D eigenvalue weighted by Crippen LogP contribution is -2.47. The highest BCUT2D eigenvalue weighted by molar-refractivity contribution is 5.85. The molecule has 2 aromatic rings. The van der Waals surface area contributed by atoms with Crippen molar-refractivity contribution in [3.63, 3.8) is 0 Å². The molecule has 1 atom stereocenters. The molecule has 0 unspecified atom stereocenters. The fourth-order valence-corrected chi connectivity index (χ4v) is 3.88. The molecule has 1 saturated heterocycles. The highest BCUT2D eigenvalue weighted by Gasteiger charge is 2.33. The molecule has 26 heavy (non-hydrogen) atoms. The maximum Gasteiger partial charge on any atom is 0.127 e. The molecule has 1 N–H and O–H groups in total. The van der Waals surface area contributed by atoms with Crippen molar-refractivity contribution in [2.45, 2.75) is 25.3 Å². The van der Waals surface area contributed by atoms with E-state index in [2.05, 4.69) is 34.5 Å². The summed E-state index contributed by atoms with van der Waals surface area (Å²) < 4.78 is 6.06. The summed E-state index contributed by atoms with van der Waals surface area (Å²) in [7, 11) is 0. The normalized spacial score (nSPS) is 18.8. The predicted molar refractivity (Wildman–Crippen MR) is 112 cm³/mol. The van der Waals surface area contributed by atoms with Crippen LogP contribution in [0.2, 0.25) is 0 Å². The summed E-state index contributed by atoms with van der Waals surface area (Å²) in [6.45, 7) is 4.49. The van der Waals surface area contributed by atoms with E-state index >= 15 is 0 Å². The zero-order valence-electron chi connectivity index (χ0n) is 15.0. The van der Waals surface area contributed by atoms with Gasteiger partial charge in [-0.05, 0) is 48.6 Å². The van der Waals surface area contributed by atoms with E-state index in [0.29, 0.717) is 6.04 Å². The van der Waals surface area contributed by atoms with Crippen molar-refractivity contribution in [1.29, 1.82) is 0 Å². The van der Waals surface area contributed by atoms with E-state index in [0.717, 1.165) is 43.6 Å². The van der Waals surface area contributed by atoms with Gasteiger partial charge in [0, 0.05) is 32.2 Å². The highest BCUT2D eigenvalue weighted by Crippen LogP contribution is 2.42. The van der Waals surface area contributed by atoms with Crippen molar-refractivity contribution in [2.24, 2.45) is 5.92 Å². The van der Waals surface area contributed by atoms with Gasteiger partial charge in [0.15, 0.2) is 0 Å². The first-order valence-electron chi connectivity index (χ1n) is 9.18. The quantitative estimate of drug-likeness (QED) is 0.765. The molecule has 0 radical (unpaired) electrons. The van der Waals surface area contributed by atoms with Crippen LogP contribution in [0.25, 0.3) is 0 Å². The van der Waals surface area contributed by atoms with Crippen molar-refractivity contribution in [1.82, 2.24) is 10.2 Å². The van der Waals surface area contributed by atoms with Crippen LogP contribution in [0.4, 0.5) is 0 Å². The molecule has 1 aliphatic heterocycles.